The largest absolute Gasteiger partial charge is 0.479 e. The molecule has 0 N–H and O–H groups in total. The standard InChI is InChI=1S/C20H11I2NO4S2/c1-2-5-25-18-13(21)6-11(7-14(18)22)8-17-19(24)23(20(28)29-17)12-3-4-15-16(9-12)27-10-26-15/h1,3-4,6-9H,5,10H2/b17-8-. The fraction of sp³-hybridized carbons (Fsp3) is 0.100. The van der Waals surface area contributed by atoms with Gasteiger partial charge in [-0.25, -0.2) is 0 Å². The highest BCUT2D eigenvalue weighted by atomic mass is 127. The van der Waals surface area contributed by atoms with E-state index < -0.39 is 0 Å². The van der Waals surface area contributed by atoms with Crippen LogP contribution in [0.3, 0.4) is 0 Å². The molecular formula is C20H11I2NO4S2. The third kappa shape index (κ3) is 4.21. The van der Waals surface area contributed by atoms with E-state index >= 15 is 0 Å². The van der Waals surface area contributed by atoms with Crippen molar-refractivity contribution in [3.8, 4) is 29.6 Å². The van der Waals surface area contributed by atoms with Crippen molar-refractivity contribution < 1.29 is 19.0 Å². The summed E-state index contributed by atoms with van der Waals surface area (Å²) in [5, 5.41) is 0. The predicted octanol–water partition coefficient (Wildman–Crippen LogP) is 5.04. The summed E-state index contributed by atoms with van der Waals surface area (Å²) in [5.74, 6) is 4.30. The molecule has 1 amide bonds. The third-order valence-electron chi connectivity index (χ3n) is 4.03. The molecule has 2 aliphatic rings. The summed E-state index contributed by atoms with van der Waals surface area (Å²) in [4.78, 5) is 15.1. The highest BCUT2D eigenvalue weighted by molar-refractivity contribution is 14.1. The van der Waals surface area contributed by atoms with E-state index in [1.165, 1.54) is 16.7 Å². The minimum Gasteiger partial charge on any atom is -0.479 e. The Bertz CT molecular complexity index is 1090. The molecule has 0 aliphatic carbocycles. The lowest BCUT2D eigenvalue weighted by Crippen LogP contribution is -2.27. The van der Waals surface area contributed by atoms with E-state index in [1.807, 2.05) is 18.2 Å². The first kappa shape index (κ1) is 20.8. The van der Waals surface area contributed by atoms with Crippen molar-refractivity contribution in [3.63, 3.8) is 0 Å². The van der Waals surface area contributed by atoms with Gasteiger partial charge in [0.1, 0.15) is 12.4 Å². The first-order valence-electron chi connectivity index (χ1n) is 8.21. The van der Waals surface area contributed by atoms with Crippen LogP contribution in [0, 0.1) is 19.5 Å². The van der Waals surface area contributed by atoms with Crippen LogP contribution in [0.1, 0.15) is 5.56 Å². The van der Waals surface area contributed by atoms with Gasteiger partial charge in [-0.3, -0.25) is 9.69 Å². The zero-order valence-electron chi connectivity index (χ0n) is 14.6. The van der Waals surface area contributed by atoms with Gasteiger partial charge in [0.05, 0.1) is 17.7 Å². The molecule has 2 aromatic rings. The van der Waals surface area contributed by atoms with Crippen molar-refractivity contribution in [2.75, 3.05) is 18.3 Å². The Hall–Kier alpha value is -1.49. The van der Waals surface area contributed by atoms with E-state index in [9.17, 15) is 4.79 Å². The number of ether oxygens (including phenoxy) is 3. The highest BCUT2D eigenvalue weighted by Gasteiger charge is 2.34. The lowest BCUT2D eigenvalue weighted by molar-refractivity contribution is -0.113. The fourth-order valence-corrected chi connectivity index (χ4v) is 6.21. The predicted molar refractivity (Wildman–Crippen MR) is 134 cm³/mol. The Morgan fingerprint density at radius 1 is 1.24 bits per heavy atom. The summed E-state index contributed by atoms with van der Waals surface area (Å²) >= 11 is 11.1. The Labute approximate surface area is 204 Å². The second kappa shape index (κ2) is 8.71. The maximum Gasteiger partial charge on any atom is 0.270 e. The number of hydrogen-bond donors (Lipinski definition) is 0. The molecule has 5 nitrogen and oxygen atoms in total. The molecule has 29 heavy (non-hydrogen) atoms. The highest BCUT2D eigenvalue weighted by Crippen LogP contribution is 2.41. The number of fused-ring (bicyclic) bond motifs is 1. The molecule has 4 rings (SSSR count). The van der Waals surface area contributed by atoms with Crippen LogP contribution in [0.15, 0.2) is 35.2 Å². The first-order chi connectivity index (χ1) is 14.0. The van der Waals surface area contributed by atoms with E-state index in [0.717, 1.165) is 18.5 Å². The first-order valence-corrected chi connectivity index (χ1v) is 11.6. The molecule has 0 saturated carbocycles. The van der Waals surface area contributed by atoms with Gasteiger partial charge in [0.25, 0.3) is 5.91 Å². The number of carbonyl (C=O) groups excluding carboxylic acids is 1. The van der Waals surface area contributed by atoms with Crippen LogP contribution in [0.4, 0.5) is 5.69 Å². The smallest absolute Gasteiger partial charge is 0.270 e. The van der Waals surface area contributed by atoms with Gasteiger partial charge >= 0.3 is 0 Å². The normalized spacial score (nSPS) is 16.4. The number of anilines is 1. The van der Waals surface area contributed by atoms with E-state index in [-0.39, 0.29) is 19.3 Å². The molecule has 0 bridgehead atoms. The van der Waals surface area contributed by atoms with Crippen molar-refractivity contribution in [1.29, 1.82) is 0 Å². The third-order valence-corrected chi connectivity index (χ3v) is 6.93. The summed E-state index contributed by atoms with van der Waals surface area (Å²) in [6, 6.07) is 9.23. The van der Waals surface area contributed by atoms with Crippen molar-refractivity contribution in [3.05, 3.63) is 47.9 Å². The summed E-state index contributed by atoms with van der Waals surface area (Å²) in [5.41, 5.74) is 1.54. The van der Waals surface area contributed by atoms with Crippen molar-refractivity contribution >= 4 is 91.2 Å². The molecule has 0 aromatic heterocycles. The second-order valence-corrected chi connectivity index (χ2v) is 9.86. The average Bonchev–Trinajstić information content (AvgIpc) is 3.25. The zero-order valence-corrected chi connectivity index (χ0v) is 20.6. The molecule has 2 aliphatic heterocycles. The van der Waals surface area contributed by atoms with E-state index in [2.05, 4.69) is 51.1 Å². The number of carbonyl (C=O) groups is 1. The van der Waals surface area contributed by atoms with E-state index in [4.69, 9.17) is 32.9 Å². The number of halogens is 2. The number of amides is 1. The van der Waals surface area contributed by atoms with Gasteiger partial charge in [-0.05, 0) is 81.1 Å². The van der Waals surface area contributed by atoms with E-state index in [1.54, 1.807) is 18.2 Å². The number of rotatable bonds is 4. The Morgan fingerprint density at radius 2 is 1.97 bits per heavy atom. The van der Waals surface area contributed by atoms with Gasteiger partial charge in [-0.15, -0.1) is 6.42 Å². The number of thioether (sulfide) groups is 1. The van der Waals surface area contributed by atoms with Gasteiger partial charge < -0.3 is 14.2 Å². The minimum absolute atomic E-state index is 0.170. The lowest BCUT2D eigenvalue weighted by Gasteiger charge is -2.14. The Kier molecular flexibility index (Phi) is 6.24. The molecule has 0 spiro atoms. The molecule has 0 radical (unpaired) electrons. The number of hydrogen-bond acceptors (Lipinski definition) is 6. The number of benzene rings is 2. The summed E-state index contributed by atoms with van der Waals surface area (Å²) < 4.78 is 18.6. The van der Waals surface area contributed by atoms with Crippen molar-refractivity contribution in [1.82, 2.24) is 0 Å². The van der Waals surface area contributed by atoms with Crippen LogP contribution in [0.2, 0.25) is 0 Å². The average molecular weight is 647 g/mol. The van der Waals surface area contributed by atoms with Gasteiger partial charge in [0.15, 0.2) is 15.8 Å². The van der Waals surface area contributed by atoms with Crippen molar-refractivity contribution in [2.45, 2.75) is 0 Å². The number of thiocarbonyl (C=S) groups is 1. The number of terminal acetylenes is 1. The quantitative estimate of drug-likeness (QED) is 0.201. The summed E-state index contributed by atoms with van der Waals surface area (Å²) in [6.07, 6.45) is 7.11. The van der Waals surface area contributed by atoms with Crippen LogP contribution in [-0.2, 0) is 4.79 Å². The maximum absolute atomic E-state index is 13.0. The monoisotopic (exact) mass is 647 g/mol. The molecule has 1 saturated heterocycles. The molecule has 0 unspecified atom stereocenters. The summed E-state index contributed by atoms with van der Waals surface area (Å²) in [7, 11) is 0. The minimum atomic E-state index is -0.170. The van der Waals surface area contributed by atoms with Crippen LogP contribution >= 0.6 is 69.2 Å². The van der Waals surface area contributed by atoms with Crippen LogP contribution in [0.5, 0.6) is 17.2 Å². The van der Waals surface area contributed by atoms with Gasteiger partial charge in [0, 0.05) is 6.07 Å². The van der Waals surface area contributed by atoms with Gasteiger partial charge in [-0.2, -0.15) is 0 Å². The van der Waals surface area contributed by atoms with Crippen LogP contribution in [-0.4, -0.2) is 23.6 Å². The SMILES string of the molecule is C#CCOc1c(I)cc(/C=C2\SC(=S)N(c3ccc4c(c3)OCO4)C2=O)cc1I. The Morgan fingerprint density at radius 3 is 2.69 bits per heavy atom. The van der Waals surface area contributed by atoms with Crippen molar-refractivity contribution in [2.24, 2.45) is 0 Å². The molecular weight excluding hydrogens is 636 g/mol. The zero-order chi connectivity index (χ0) is 20.5. The fourth-order valence-electron chi connectivity index (χ4n) is 2.78. The molecule has 146 valence electrons. The molecule has 1 fully saturated rings. The van der Waals surface area contributed by atoms with Crippen LogP contribution in [0.25, 0.3) is 6.08 Å². The molecule has 9 heteroatoms. The molecule has 2 heterocycles. The summed E-state index contributed by atoms with van der Waals surface area (Å²) in [6.45, 7) is 0.384. The van der Waals surface area contributed by atoms with Gasteiger partial charge in [-0.1, -0.05) is 29.9 Å². The van der Waals surface area contributed by atoms with Crippen LogP contribution < -0.4 is 19.1 Å². The molecule has 2 aromatic carbocycles. The maximum atomic E-state index is 13.0. The molecule has 0 atom stereocenters. The van der Waals surface area contributed by atoms with Gasteiger partial charge in [0.2, 0.25) is 6.79 Å². The number of nitrogens with zero attached hydrogens (tertiary/aromatic N) is 1. The Balaban J connectivity index is 1.62. The second-order valence-electron chi connectivity index (χ2n) is 5.86. The lowest BCUT2D eigenvalue weighted by atomic mass is 10.2. The topological polar surface area (TPSA) is 48.0 Å². The van der Waals surface area contributed by atoms with E-state index in [0.29, 0.717) is 26.4 Å².